The second-order valence-electron chi connectivity index (χ2n) is 7.59. The number of nitrogens with one attached hydrogen (secondary N) is 1. The second-order valence-corrected chi connectivity index (χ2v) is 8.38. The summed E-state index contributed by atoms with van der Waals surface area (Å²) in [7, 11) is 3.13. The van der Waals surface area contributed by atoms with E-state index in [0.717, 1.165) is 29.5 Å². The first-order valence-corrected chi connectivity index (χ1v) is 11.4. The molecular formula is C24H30BrNO5. The largest absolute Gasteiger partial charge is 0.467 e. The zero-order valence-corrected chi connectivity index (χ0v) is 19.7. The molecule has 0 aromatic heterocycles. The molecule has 3 rings (SSSR count). The van der Waals surface area contributed by atoms with Gasteiger partial charge in [0.1, 0.15) is 11.5 Å². The van der Waals surface area contributed by atoms with Gasteiger partial charge in [0.25, 0.3) is 0 Å². The quantitative estimate of drug-likeness (QED) is 0.469. The Morgan fingerprint density at radius 1 is 1.00 bits per heavy atom. The summed E-state index contributed by atoms with van der Waals surface area (Å²) in [6.45, 7) is 0.166. The first-order chi connectivity index (χ1) is 15.1. The van der Waals surface area contributed by atoms with Crippen molar-refractivity contribution in [3.05, 3.63) is 46.4 Å². The highest BCUT2D eigenvalue weighted by Gasteiger charge is 2.24. The van der Waals surface area contributed by atoms with Gasteiger partial charge in [0, 0.05) is 31.9 Å². The third-order valence-corrected chi connectivity index (χ3v) is 6.20. The van der Waals surface area contributed by atoms with Crippen LogP contribution in [0.3, 0.4) is 0 Å². The normalized spacial score (nSPS) is 14.3. The Bertz CT molecular complexity index is 853. The number of hydrogen-bond acceptors (Lipinski definition) is 5. The van der Waals surface area contributed by atoms with E-state index in [-0.39, 0.29) is 32.0 Å². The summed E-state index contributed by atoms with van der Waals surface area (Å²) in [6, 6.07) is 11.9. The second kappa shape index (κ2) is 12.1. The van der Waals surface area contributed by atoms with Crippen LogP contribution in [0.2, 0.25) is 0 Å². The molecule has 1 saturated carbocycles. The third kappa shape index (κ3) is 6.45. The highest BCUT2D eigenvalue weighted by molar-refractivity contribution is 9.10. The first kappa shape index (κ1) is 23.6. The van der Waals surface area contributed by atoms with Crippen LogP contribution in [0.5, 0.6) is 11.5 Å². The number of hydrogen-bond donors (Lipinski definition) is 1. The number of benzene rings is 2. The monoisotopic (exact) mass is 491 g/mol. The molecule has 168 valence electrons. The lowest BCUT2D eigenvalue weighted by Crippen LogP contribution is -2.37. The van der Waals surface area contributed by atoms with Gasteiger partial charge in [-0.15, -0.1) is 0 Å². The van der Waals surface area contributed by atoms with Crippen LogP contribution in [0.25, 0.3) is 11.1 Å². The standard InChI is InChI=1S/C24H30BrNO5/c1-28-15-30-20-14-21(31-16-29-2)24(25)19(23(20)17-9-5-3-6-10-17)13-22(27)26-18-11-7-4-8-12-18/h3,5-6,9-10,14,18H,4,7-8,11-13,15-16H2,1-2H3,(H,26,27). The van der Waals surface area contributed by atoms with Crippen molar-refractivity contribution in [1.82, 2.24) is 5.32 Å². The van der Waals surface area contributed by atoms with Gasteiger partial charge < -0.3 is 24.3 Å². The van der Waals surface area contributed by atoms with Crippen molar-refractivity contribution in [3.8, 4) is 22.6 Å². The Kier molecular flexibility index (Phi) is 9.18. The van der Waals surface area contributed by atoms with E-state index in [0.29, 0.717) is 16.0 Å². The fourth-order valence-corrected chi connectivity index (χ4v) is 4.47. The Balaban J connectivity index is 2.00. The van der Waals surface area contributed by atoms with Crippen molar-refractivity contribution in [1.29, 1.82) is 0 Å². The summed E-state index contributed by atoms with van der Waals surface area (Å²) in [5, 5.41) is 3.21. The molecule has 6 nitrogen and oxygen atoms in total. The lowest BCUT2D eigenvalue weighted by atomic mass is 9.94. The minimum atomic E-state index is -0.00800. The highest BCUT2D eigenvalue weighted by Crippen LogP contribution is 2.43. The number of rotatable bonds is 10. The predicted molar refractivity (Wildman–Crippen MR) is 123 cm³/mol. The van der Waals surface area contributed by atoms with Crippen LogP contribution in [-0.2, 0) is 20.7 Å². The summed E-state index contributed by atoms with van der Waals surface area (Å²) in [6.07, 6.45) is 5.86. The number of ether oxygens (including phenoxy) is 4. The van der Waals surface area contributed by atoms with Crippen molar-refractivity contribution in [2.24, 2.45) is 0 Å². The van der Waals surface area contributed by atoms with E-state index in [4.69, 9.17) is 18.9 Å². The van der Waals surface area contributed by atoms with E-state index in [9.17, 15) is 4.79 Å². The molecule has 1 amide bonds. The molecule has 0 bridgehead atoms. The predicted octanol–water partition coefficient (Wildman–Crippen LogP) is 5.07. The van der Waals surface area contributed by atoms with E-state index in [1.807, 2.05) is 30.3 Å². The van der Waals surface area contributed by atoms with Gasteiger partial charge in [0.15, 0.2) is 13.6 Å². The molecule has 0 aliphatic heterocycles. The molecule has 0 radical (unpaired) electrons. The fraction of sp³-hybridized carbons (Fsp3) is 0.458. The zero-order chi connectivity index (χ0) is 22.1. The molecule has 2 aromatic carbocycles. The van der Waals surface area contributed by atoms with Crippen LogP contribution in [-0.4, -0.2) is 39.8 Å². The van der Waals surface area contributed by atoms with Gasteiger partial charge >= 0.3 is 0 Å². The zero-order valence-electron chi connectivity index (χ0n) is 18.1. The Morgan fingerprint density at radius 2 is 1.65 bits per heavy atom. The maximum absolute atomic E-state index is 13.0. The van der Waals surface area contributed by atoms with Gasteiger partial charge in [-0.25, -0.2) is 0 Å². The number of carbonyl (C=O) groups excluding carboxylic acids is 1. The number of amides is 1. The van der Waals surface area contributed by atoms with Crippen LogP contribution in [0, 0.1) is 0 Å². The van der Waals surface area contributed by atoms with Crippen molar-refractivity contribution < 1.29 is 23.7 Å². The van der Waals surface area contributed by atoms with Crippen LogP contribution < -0.4 is 14.8 Å². The summed E-state index contributed by atoms with van der Waals surface area (Å²) in [5.74, 6) is 1.13. The van der Waals surface area contributed by atoms with Crippen LogP contribution in [0.4, 0.5) is 0 Å². The maximum Gasteiger partial charge on any atom is 0.224 e. The Hall–Kier alpha value is -2.09. The van der Waals surface area contributed by atoms with Gasteiger partial charge in [-0.3, -0.25) is 4.79 Å². The summed E-state index contributed by atoms with van der Waals surface area (Å²) >= 11 is 3.67. The van der Waals surface area contributed by atoms with E-state index in [2.05, 4.69) is 21.2 Å². The van der Waals surface area contributed by atoms with Gasteiger partial charge in [-0.05, 0) is 39.9 Å². The SMILES string of the molecule is COCOc1cc(OCOC)c(-c2ccccc2)c(CC(=O)NC2CCCCC2)c1Br. The Morgan fingerprint density at radius 3 is 2.29 bits per heavy atom. The molecule has 0 heterocycles. The van der Waals surface area contributed by atoms with Crippen LogP contribution in [0.15, 0.2) is 40.9 Å². The number of carbonyl (C=O) groups is 1. The summed E-state index contributed by atoms with van der Waals surface area (Å²) < 4.78 is 22.6. The van der Waals surface area contributed by atoms with E-state index in [1.165, 1.54) is 19.3 Å². The molecule has 2 aromatic rings. The minimum Gasteiger partial charge on any atom is -0.467 e. The molecule has 0 spiro atoms. The molecule has 1 fully saturated rings. The topological polar surface area (TPSA) is 66.0 Å². The van der Waals surface area contributed by atoms with Crippen molar-refractivity contribution in [3.63, 3.8) is 0 Å². The molecule has 0 atom stereocenters. The van der Waals surface area contributed by atoms with Gasteiger partial charge in [0.05, 0.1) is 10.9 Å². The summed E-state index contributed by atoms with van der Waals surface area (Å²) in [5.41, 5.74) is 2.60. The lowest BCUT2D eigenvalue weighted by Gasteiger charge is -2.24. The van der Waals surface area contributed by atoms with E-state index in [1.54, 1.807) is 20.3 Å². The van der Waals surface area contributed by atoms with Crippen molar-refractivity contribution in [2.75, 3.05) is 27.8 Å². The first-order valence-electron chi connectivity index (χ1n) is 10.6. The number of methoxy groups -OCH3 is 2. The van der Waals surface area contributed by atoms with Crippen LogP contribution >= 0.6 is 15.9 Å². The van der Waals surface area contributed by atoms with Gasteiger partial charge in [0.2, 0.25) is 5.91 Å². The lowest BCUT2D eigenvalue weighted by molar-refractivity contribution is -0.121. The average Bonchev–Trinajstić information content (AvgIpc) is 2.79. The molecule has 31 heavy (non-hydrogen) atoms. The fourth-order valence-electron chi connectivity index (χ4n) is 3.90. The smallest absolute Gasteiger partial charge is 0.224 e. The van der Waals surface area contributed by atoms with E-state index < -0.39 is 0 Å². The third-order valence-electron chi connectivity index (χ3n) is 5.33. The minimum absolute atomic E-state index is 0.00800. The highest BCUT2D eigenvalue weighted by atomic mass is 79.9. The number of halogens is 1. The van der Waals surface area contributed by atoms with Crippen molar-refractivity contribution in [2.45, 2.75) is 44.6 Å². The maximum atomic E-state index is 13.0. The molecule has 0 saturated heterocycles. The van der Waals surface area contributed by atoms with Crippen LogP contribution in [0.1, 0.15) is 37.7 Å². The molecule has 1 aliphatic carbocycles. The Labute approximate surface area is 192 Å². The summed E-state index contributed by atoms with van der Waals surface area (Å²) in [4.78, 5) is 13.0. The molecule has 1 aliphatic rings. The molecular weight excluding hydrogens is 462 g/mol. The molecule has 1 N–H and O–H groups in total. The average molecular weight is 492 g/mol. The van der Waals surface area contributed by atoms with Gasteiger partial charge in [-0.2, -0.15) is 0 Å². The molecule has 7 heteroatoms. The van der Waals surface area contributed by atoms with Gasteiger partial charge in [-0.1, -0.05) is 49.6 Å². The van der Waals surface area contributed by atoms with E-state index >= 15 is 0 Å². The molecule has 0 unspecified atom stereocenters. The van der Waals surface area contributed by atoms with Crippen molar-refractivity contribution >= 4 is 21.8 Å².